The van der Waals surface area contributed by atoms with Crippen LogP contribution in [0.3, 0.4) is 0 Å². The third kappa shape index (κ3) is 2.88. The molecule has 0 aliphatic heterocycles. The molecule has 0 saturated heterocycles. The first-order chi connectivity index (χ1) is 9.74. The summed E-state index contributed by atoms with van der Waals surface area (Å²) in [5.74, 6) is 1.31. The van der Waals surface area contributed by atoms with Crippen molar-refractivity contribution in [2.75, 3.05) is 25.2 Å². The third-order valence-corrected chi connectivity index (χ3v) is 5.35. The molecule has 0 aromatic carbocycles. The zero-order valence-corrected chi connectivity index (χ0v) is 13.0. The Morgan fingerprint density at radius 1 is 1.45 bits per heavy atom. The van der Waals surface area contributed by atoms with Crippen LogP contribution in [0.5, 0.6) is 0 Å². The van der Waals surface area contributed by atoms with Gasteiger partial charge in [-0.25, -0.2) is 4.98 Å². The van der Waals surface area contributed by atoms with Crippen molar-refractivity contribution in [3.05, 3.63) is 10.6 Å². The van der Waals surface area contributed by atoms with E-state index in [-0.39, 0.29) is 0 Å². The van der Waals surface area contributed by atoms with Crippen LogP contribution in [-0.2, 0) is 4.74 Å². The fourth-order valence-electron chi connectivity index (χ4n) is 2.68. The maximum Gasteiger partial charge on any atom is 0.186 e. The second-order valence-electron chi connectivity index (χ2n) is 5.90. The lowest BCUT2D eigenvalue weighted by atomic mass is 10.2. The van der Waals surface area contributed by atoms with Gasteiger partial charge in [0.2, 0.25) is 0 Å². The molecule has 1 unspecified atom stereocenters. The lowest BCUT2D eigenvalue weighted by Gasteiger charge is -2.28. The first kappa shape index (κ1) is 14.0. The summed E-state index contributed by atoms with van der Waals surface area (Å²) in [5.41, 5.74) is 1.03. The van der Waals surface area contributed by atoms with Gasteiger partial charge in [0.25, 0.3) is 0 Å². The Morgan fingerprint density at radius 3 is 2.75 bits per heavy atom. The minimum absolute atomic E-state index is 0.489. The molecule has 2 aliphatic rings. The average molecular weight is 294 g/mol. The van der Waals surface area contributed by atoms with Crippen molar-refractivity contribution in [2.24, 2.45) is 5.92 Å². The molecular weight excluding hydrogens is 272 g/mol. The van der Waals surface area contributed by atoms with Gasteiger partial charge in [-0.2, -0.15) is 0 Å². The Morgan fingerprint density at radius 2 is 2.20 bits per heavy atom. The summed E-state index contributed by atoms with van der Waals surface area (Å²) in [6.07, 6.45) is 5.96. The molecule has 3 rings (SSSR count). The van der Waals surface area contributed by atoms with Gasteiger partial charge >= 0.3 is 0 Å². The van der Waals surface area contributed by atoms with E-state index in [1.54, 1.807) is 18.4 Å². The molecule has 110 valence electrons. The van der Waals surface area contributed by atoms with E-state index in [1.165, 1.54) is 25.7 Å². The molecular formula is C15H22N2O2S. The molecule has 2 saturated carbocycles. The number of hydrogen-bond donors (Lipinski definition) is 0. The second-order valence-corrected chi connectivity index (χ2v) is 6.91. The zero-order valence-electron chi connectivity index (χ0n) is 12.2. The third-order valence-electron chi connectivity index (χ3n) is 4.32. The largest absolute Gasteiger partial charge is 0.383 e. The summed E-state index contributed by atoms with van der Waals surface area (Å²) in [4.78, 5) is 19.2. The molecule has 1 aromatic heterocycles. The Hall–Kier alpha value is -0.940. The summed E-state index contributed by atoms with van der Waals surface area (Å²) in [6, 6.07) is 0.489. The molecule has 0 spiro atoms. The fourth-order valence-corrected chi connectivity index (χ4v) is 3.76. The predicted molar refractivity (Wildman–Crippen MR) is 80.9 cm³/mol. The summed E-state index contributed by atoms with van der Waals surface area (Å²) in [7, 11) is 1.73. The first-order valence-electron chi connectivity index (χ1n) is 7.46. The van der Waals surface area contributed by atoms with Crippen LogP contribution in [-0.4, -0.2) is 37.6 Å². The molecule has 2 aliphatic carbocycles. The minimum atomic E-state index is 0.489. The van der Waals surface area contributed by atoms with Gasteiger partial charge in [0.1, 0.15) is 0 Å². The molecule has 1 aromatic rings. The number of hydrogen-bond acceptors (Lipinski definition) is 5. The van der Waals surface area contributed by atoms with Gasteiger partial charge in [-0.05, 0) is 38.5 Å². The number of anilines is 1. The second kappa shape index (κ2) is 5.82. The molecule has 5 heteroatoms. The highest BCUT2D eigenvalue weighted by atomic mass is 32.1. The van der Waals surface area contributed by atoms with Crippen molar-refractivity contribution in [3.63, 3.8) is 0 Å². The molecule has 1 heterocycles. The number of aromatic nitrogens is 1. The van der Waals surface area contributed by atoms with E-state index in [4.69, 9.17) is 9.72 Å². The van der Waals surface area contributed by atoms with E-state index < -0.39 is 0 Å². The van der Waals surface area contributed by atoms with E-state index in [9.17, 15) is 4.79 Å². The molecule has 4 nitrogen and oxygen atoms in total. The van der Waals surface area contributed by atoms with E-state index in [1.807, 2.05) is 0 Å². The van der Waals surface area contributed by atoms with Crippen LogP contribution in [0.2, 0.25) is 0 Å². The summed E-state index contributed by atoms with van der Waals surface area (Å²) in [6.45, 7) is 3.82. The number of methoxy groups -OCH3 is 1. The number of rotatable bonds is 8. The van der Waals surface area contributed by atoms with Crippen LogP contribution in [0.25, 0.3) is 0 Å². The predicted octanol–water partition coefficient (Wildman–Crippen LogP) is 3.08. The maximum atomic E-state index is 11.3. The van der Waals surface area contributed by atoms with Crippen LogP contribution < -0.4 is 4.90 Å². The topological polar surface area (TPSA) is 42.4 Å². The van der Waals surface area contributed by atoms with Gasteiger partial charge in [-0.1, -0.05) is 11.3 Å². The summed E-state index contributed by atoms with van der Waals surface area (Å²) in [5, 5.41) is 1.01. The standard InChI is InChI=1S/C15H22N2O2S/c1-10(11-3-4-11)17(7-8-19-2)15-16-14(12-5-6-12)13(9-18)20-15/h9-12H,3-8H2,1-2H3. The van der Waals surface area contributed by atoms with Crippen LogP contribution in [0.4, 0.5) is 5.13 Å². The van der Waals surface area contributed by atoms with Gasteiger partial charge in [0.15, 0.2) is 11.4 Å². The van der Waals surface area contributed by atoms with Gasteiger partial charge in [0.05, 0.1) is 17.2 Å². The quantitative estimate of drug-likeness (QED) is 0.691. The molecule has 1 atom stereocenters. The smallest absolute Gasteiger partial charge is 0.186 e. The Bertz CT molecular complexity index is 480. The van der Waals surface area contributed by atoms with Crippen molar-refractivity contribution in [3.8, 4) is 0 Å². The van der Waals surface area contributed by atoms with Crippen LogP contribution >= 0.6 is 11.3 Å². The number of thiazole rings is 1. The summed E-state index contributed by atoms with van der Waals surface area (Å²) < 4.78 is 5.23. The molecule has 20 heavy (non-hydrogen) atoms. The van der Waals surface area contributed by atoms with Crippen molar-refractivity contribution < 1.29 is 9.53 Å². The zero-order chi connectivity index (χ0) is 14.1. The highest BCUT2D eigenvalue weighted by Gasteiger charge is 2.35. The van der Waals surface area contributed by atoms with Crippen molar-refractivity contribution in [2.45, 2.75) is 44.6 Å². The number of ether oxygens (including phenoxy) is 1. The summed E-state index contributed by atoms with van der Waals surface area (Å²) >= 11 is 1.55. The lowest BCUT2D eigenvalue weighted by Crippen LogP contribution is -2.37. The van der Waals surface area contributed by atoms with E-state index >= 15 is 0 Å². The normalized spacial score (nSPS) is 19.9. The highest BCUT2D eigenvalue weighted by Crippen LogP contribution is 2.45. The Balaban J connectivity index is 1.83. The first-order valence-corrected chi connectivity index (χ1v) is 8.27. The van der Waals surface area contributed by atoms with Gasteiger partial charge < -0.3 is 9.64 Å². The lowest BCUT2D eigenvalue weighted by molar-refractivity contribution is 0.112. The van der Waals surface area contributed by atoms with Gasteiger partial charge in [-0.15, -0.1) is 0 Å². The van der Waals surface area contributed by atoms with Gasteiger partial charge in [0, 0.05) is 25.6 Å². The van der Waals surface area contributed by atoms with Crippen LogP contribution in [0.15, 0.2) is 0 Å². The van der Waals surface area contributed by atoms with Crippen LogP contribution in [0, 0.1) is 5.92 Å². The van der Waals surface area contributed by atoms with Crippen molar-refractivity contribution >= 4 is 22.8 Å². The number of carbonyl (C=O) groups excluding carboxylic acids is 1. The SMILES string of the molecule is COCCN(c1nc(C2CC2)c(C=O)s1)C(C)C1CC1. The molecule has 0 N–H and O–H groups in total. The highest BCUT2D eigenvalue weighted by molar-refractivity contribution is 7.17. The maximum absolute atomic E-state index is 11.3. The Kier molecular flexibility index (Phi) is 4.08. The van der Waals surface area contributed by atoms with E-state index in [0.717, 1.165) is 34.5 Å². The Labute approximate surface area is 124 Å². The minimum Gasteiger partial charge on any atom is -0.383 e. The van der Waals surface area contributed by atoms with Crippen molar-refractivity contribution in [1.82, 2.24) is 4.98 Å². The number of nitrogens with zero attached hydrogens (tertiary/aromatic N) is 2. The monoisotopic (exact) mass is 294 g/mol. The van der Waals surface area contributed by atoms with E-state index in [2.05, 4.69) is 11.8 Å². The molecule has 0 radical (unpaired) electrons. The molecule has 0 amide bonds. The average Bonchev–Trinajstić information content (AvgIpc) is 3.36. The number of carbonyl (C=O) groups is 1. The van der Waals surface area contributed by atoms with Crippen molar-refractivity contribution in [1.29, 1.82) is 0 Å². The van der Waals surface area contributed by atoms with E-state index in [0.29, 0.717) is 18.6 Å². The fraction of sp³-hybridized carbons (Fsp3) is 0.733. The molecule has 0 bridgehead atoms. The number of aldehydes is 1. The van der Waals surface area contributed by atoms with Gasteiger partial charge in [-0.3, -0.25) is 4.79 Å². The molecule has 2 fully saturated rings. The van der Waals surface area contributed by atoms with Crippen LogP contribution in [0.1, 0.15) is 53.9 Å².